The van der Waals surface area contributed by atoms with Crippen molar-refractivity contribution in [2.45, 2.75) is 39.2 Å². The first-order valence-corrected chi connectivity index (χ1v) is 7.61. The molecule has 0 heterocycles. The Morgan fingerprint density at radius 1 is 1.24 bits per heavy atom. The van der Waals surface area contributed by atoms with Crippen LogP contribution in [0.4, 0.5) is 5.69 Å². The largest absolute Gasteiger partial charge is 0.392 e. The van der Waals surface area contributed by atoms with Crippen LogP contribution >= 0.6 is 0 Å². The second-order valence-corrected chi connectivity index (χ2v) is 6.03. The molecule has 0 spiro atoms. The molecule has 1 aromatic carbocycles. The maximum atomic E-state index is 11.6. The summed E-state index contributed by atoms with van der Waals surface area (Å²) in [7, 11) is 4.05. The van der Waals surface area contributed by atoms with Crippen LogP contribution in [0.2, 0.25) is 0 Å². The van der Waals surface area contributed by atoms with Crippen LogP contribution in [0.3, 0.4) is 0 Å². The summed E-state index contributed by atoms with van der Waals surface area (Å²) in [5, 5.41) is 12.5. The van der Waals surface area contributed by atoms with Gasteiger partial charge in [-0.05, 0) is 36.5 Å². The van der Waals surface area contributed by atoms with Crippen LogP contribution in [0, 0.1) is 5.92 Å². The molecule has 1 atom stereocenters. The summed E-state index contributed by atoms with van der Waals surface area (Å²) in [6.45, 7) is 4.48. The number of aliphatic hydroxyl groups excluding tert-OH is 1. The number of benzene rings is 1. The van der Waals surface area contributed by atoms with Crippen LogP contribution in [0.5, 0.6) is 0 Å². The molecule has 1 rings (SSSR count). The lowest BCUT2D eigenvalue weighted by atomic mass is 10.0. The van der Waals surface area contributed by atoms with Gasteiger partial charge >= 0.3 is 0 Å². The Morgan fingerprint density at radius 3 is 2.38 bits per heavy atom. The smallest absolute Gasteiger partial charge is 0.222 e. The van der Waals surface area contributed by atoms with Gasteiger partial charge in [0.25, 0.3) is 0 Å². The van der Waals surface area contributed by atoms with Crippen molar-refractivity contribution in [1.29, 1.82) is 0 Å². The molecule has 1 unspecified atom stereocenters. The molecule has 21 heavy (non-hydrogen) atoms. The summed E-state index contributed by atoms with van der Waals surface area (Å²) in [6, 6.07) is 8.46. The minimum atomic E-state index is -0.552. The number of hydrogen-bond donors (Lipinski definition) is 2. The predicted molar refractivity (Wildman–Crippen MR) is 87.6 cm³/mol. The Kier molecular flexibility index (Phi) is 7.23. The molecule has 0 saturated heterocycles. The summed E-state index contributed by atoms with van der Waals surface area (Å²) in [4.78, 5) is 13.7. The van der Waals surface area contributed by atoms with Gasteiger partial charge in [-0.2, -0.15) is 0 Å². The molecule has 0 aliphatic heterocycles. The molecular weight excluding hydrogens is 264 g/mol. The monoisotopic (exact) mass is 292 g/mol. The first-order valence-electron chi connectivity index (χ1n) is 7.61. The van der Waals surface area contributed by atoms with Gasteiger partial charge in [0.15, 0.2) is 0 Å². The zero-order valence-electron chi connectivity index (χ0n) is 13.6. The van der Waals surface area contributed by atoms with Crippen molar-refractivity contribution >= 4 is 11.6 Å². The number of aliphatic hydroxyl groups is 1. The van der Waals surface area contributed by atoms with Gasteiger partial charge in [-0.25, -0.2) is 0 Å². The third-order valence-electron chi connectivity index (χ3n) is 3.58. The number of carbonyl (C=O) groups is 1. The fraction of sp³-hybridized carbons (Fsp3) is 0.588. The van der Waals surface area contributed by atoms with Crippen LogP contribution in [0.25, 0.3) is 0 Å². The third kappa shape index (κ3) is 6.63. The van der Waals surface area contributed by atoms with E-state index >= 15 is 0 Å². The SMILES string of the molecule is CC(C)C(O)CC(=O)NCCCc1ccc(N(C)C)cc1. The molecule has 0 radical (unpaired) electrons. The van der Waals surface area contributed by atoms with E-state index in [9.17, 15) is 9.90 Å². The number of nitrogens with zero attached hydrogens (tertiary/aromatic N) is 1. The number of amides is 1. The van der Waals surface area contributed by atoms with Crippen molar-refractivity contribution in [3.05, 3.63) is 29.8 Å². The molecule has 4 heteroatoms. The molecule has 2 N–H and O–H groups in total. The van der Waals surface area contributed by atoms with Crippen LogP contribution in [-0.2, 0) is 11.2 Å². The van der Waals surface area contributed by atoms with E-state index in [1.54, 1.807) is 0 Å². The number of hydrogen-bond acceptors (Lipinski definition) is 3. The van der Waals surface area contributed by atoms with E-state index in [2.05, 4.69) is 34.5 Å². The molecule has 0 bridgehead atoms. The lowest BCUT2D eigenvalue weighted by Gasteiger charge is -2.14. The van der Waals surface area contributed by atoms with E-state index in [1.165, 1.54) is 11.3 Å². The van der Waals surface area contributed by atoms with E-state index in [1.807, 2.05) is 27.9 Å². The standard InChI is InChI=1S/C17H28N2O2/c1-13(2)16(20)12-17(21)18-11-5-6-14-7-9-15(10-8-14)19(3)4/h7-10,13,16,20H,5-6,11-12H2,1-4H3,(H,18,21). The quantitative estimate of drug-likeness (QED) is 0.722. The molecule has 4 nitrogen and oxygen atoms in total. The highest BCUT2D eigenvalue weighted by molar-refractivity contribution is 5.76. The maximum absolute atomic E-state index is 11.6. The van der Waals surface area contributed by atoms with Crippen LogP contribution in [0.15, 0.2) is 24.3 Å². The van der Waals surface area contributed by atoms with E-state index < -0.39 is 6.10 Å². The maximum Gasteiger partial charge on any atom is 0.222 e. The Balaban J connectivity index is 2.23. The number of aryl methyl sites for hydroxylation is 1. The van der Waals surface area contributed by atoms with Gasteiger partial charge in [0.2, 0.25) is 5.91 Å². The second-order valence-electron chi connectivity index (χ2n) is 6.03. The number of carbonyl (C=O) groups excluding carboxylic acids is 1. The van der Waals surface area contributed by atoms with Gasteiger partial charge in [-0.3, -0.25) is 4.79 Å². The molecular formula is C17H28N2O2. The molecule has 118 valence electrons. The van der Waals surface area contributed by atoms with Crippen LogP contribution in [0.1, 0.15) is 32.3 Å². The number of nitrogens with one attached hydrogen (secondary N) is 1. The second kappa shape index (κ2) is 8.67. The highest BCUT2D eigenvalue weighted by atomic mass is 16.3. The third-order valence-corrected chi connectivity index (χ3v) is 3.58. The molecule has 0 aromatic heterocycles. The summed E-state index contributed by atoms with van der Waals surface area (Å²) in [6.07, 6.45) is 1.49. The summed E-state index contributed by atoms with van der Waals surface area (Å²) in [5.74, 6) is 0.0464. The van der Waals surface area contributed by atoms with Crippen molar-refractivity contribution in [3.63, 3.8) is 0 Å². The van der Waals surface area contributed by atoms with Gasteiger partial charge in [-0.15, -0.1) is 0 Å². The topological polar surface area (TPSA) is 52.6 Å². The van der Waals surface area contributed by atoms with E-state index in [0.717, 1.165) is 12.8 Å². The lowest BCUT2D eigenvalue weighted by molar-refractivity contribution is -0.123. The normalized spacial score (nSPS) is 12.3. The molecule has 1 aromatic rings. The van der Waals surface area contributed by atoms with Crippen molar-refractivity contribution in [2.75, 3.05) is 25.5 Å². The van der Waals surface area contributed by atoms with Crippen molar-refractivity contribution in [3.8, 4) is 0 Å². The fourth-order valence-corrected chi connectivity index (χ4v) is 1.98. The Labute approximate surface area is 128 Å². The molecule has 0 aliphatic carbocycles. The fourth-order valence-electron chi connectivity index (χ4n) is 1.98. The summed E-state index contributed by atoms with van der Waals surface area (Å²) < 4.78 is 0. The number of anilines is 1. The van der Waals surface area contributed by atoms with E-state index in [0.29, 0.717) is 6.54 Å². The van der Waals surface area contributed by atoms with Gasteiger partial charge in [0.1, 0.15) is 0 Å². The van der Waals surface area contributed by atoms with E-state index in [-0.39, 0.29) is 18.2 Å². The lowest BCUT2D eigenvalue weighted by Crippen LogP contribution is -2.30. The van der Waals surface area contributed by atoms with Gasteiger partial charge < -0.3 is 15.3 Å². The summed E-state index contributed by atoms with van der Waals surface area (Å²) in [5.41, 5.74) is 2.46. The zero-order valence-corrected chi connectivity index (χ0v) is 13.6. The molecule has 0 saturated carbocycles. The van der Waals surface area contributed by atoms with Crippen LogP contribution < -0.4 is 10.2 Å². The van der Waals surface area contributed by atoms with E-state index in [4.69, 9.17) is 0 Å². The van der Waals surface area contributed by atoms with Crippen LogP contribution in [-0.4, -0.2) is 37.8 Å². The Hall–Kier alpha value is -1.55. The first-order chi connectivity index (χ1) is 9.90. The minimum Gasteiger partial charge on any atom is -0.392 e. The highest BCUT2D eigenvalue weighted by Gasteiger charge is 2.13. The zero-order chi connectivity index (χ0) is 15.8. The molecule has 1 amide bonds. The summed E-state index contributed by atoms with van der Waals surface area (Å²) >= 11 is 0. The Bertz CT molecular complexity index is 427. The van der Waals surface area contributed by atoms with Crippen molar-refractivity contribution in [2.24, 2.45) is 5.92 Å². The molecule has 0 fully saturated rings. The van der Waals surface area contributed by atoms with Gasteiger partial charge in [-0.1, -0.05) is 26.0 Å². The average molecular weight is 292 g/mol. The molecule has 0 aliphatic rings. The van der Waals surface area contributed by atoms with Gasteiger partial charge in [0.05, 0.1) is 12.5 Å². The highest BCUT2D eigenvalue weighted by Crippen LogP contribution is 2.13. The average Bonchev–Trinajstić information content (AvgIpc) is 2.44. The number of rotatable bonds is 8. The van der Waals surface area contributed by atoms with Crippen molar-refractivity contribution in [1.82, 2.24) is 5.32 Å². The van der Waals surface area contributed by atoms with Crippen molar-refractivity contribution < 1.29 is 9.90 Å². The first kappa shape index (κ1) is 17.5. The Morgan fingerprint density at radius 2 is 1.86 bits per heavy atom. The minimum absolute atomic E-state index is 0.0702. The van der Waals surface area contributed by atoms with Gasteiger partial charge in [0, 0.05) is 26.3 Å². The predicted octanol–water partition coefficient (Wildman–Crippen LogP) is 2.21.